The van der Waals surface area contributed by atoms with E-state index in [0.29, 0.717) is 12.1 Å². The lowest BCUT2D eigenvalue weighted by atomic mass is 10.0. The number of fused-ring (bicyclic) bond motifs is 1. The van der Waals surface area contributed by atoms with Gasteiger partial charge in [-0.3, -0.25) is 4.79 Å². The molecular weight excluding hydrogens is 386 g/mol. The number of anilines is 1. The van der Waals surface area contributed by atoms with Crippen LogP contribution in [0.15, 0.2) is 18.2 Å². The summed E-state index contributed by atoms with van der Waals surface area (Å²) in [4.78, 5) is 15.3. The first-order chi connectivity index (χ1) is 14.1. The molecule has 1 aromatic carbocycles. The Hall–Kier alpha value is -2.56. The van der Waals surface area contributed by atoms with E-state index in [9.17, 15) is 10.1 Å². The third-order valence-electron chi connectivity index (χ3n) is 5.97. The van der Waals surface area contributed by atoms with Crippen LogP contribution in [-0.4, -0.2) is 33.2 Å². The van der Waals surface area contributed by atoms with Crippen LogP contribution in [0.25, 0.3) is 0 Å². The molecule has 2 aliphatic rings. The Morgan fingerprint density at radius 2 is 2.17 bits per heavy atom. The summed E-state index contributed by atoms with van der Waals surface area (Å²) in [5, 5.41) is 13.3. The van der Waals surface area contributed by atoms with E-state index in [2.05, 4.69) is 11.4 Å². The minimum absolute atomic E-state index is 0.0369. The minimum atomic E-state index is -0.0369. The topological polar surface area (TPSA) is 75.8 Å². The van der Waals surface area contributed by atoms with Crippen molar-refractivity contribution < 1.29 is 19.2 Å². The summed E-state index contributed by atoms with van der Waals surface area (Å²) in [5.74, 6) is 1.59. The van der Waals surface area contributed by atoms with Crippen LogP contribution in [0, 0.1) is 11.3 Å². The number of ether oxygens (including phenoxy) is 2. The summed E-state index contributed by atoms with van der Waals surface area (Å²) in [7, 11) is 3.33. The highest BCUT2D eigenvalue weighted by atomic mass is 32.1. The summed E-state index contributed by atoms with van der Waals surface area (Å²) < 4.78 is 11.0. The van der Waals surface area contributed by atoms with E-state index in [0.717, 1.165) is 66.3 Å². The molecule has 6 nitrogen and oxygen atoms in total. The van der Waals surface area contributed by atoms with Gasteiger partial charge in [-0.15, -0.1) is 11.3 Å². The predicted molar refractivity (Wildman–Crippen MR) is 112 cm³/mol. The lowest BCUT2D eigenvalue weighted by Gasteiger charge is -2.23. The number of hydrogen-bond acceptors (Lipinski definition) is 5. The van der Waals surface area contributed by atoms with Gasteiger partial charge < -0.3 is 19.7 Å². The van der Waals surface area contributed by atoms with Crippen molar-refractivity contribution in [3.05, 3.63) is 39.8 Å². The maximum Gasteiger partial charge on any atom is 0.280 e. The van der Waals surface area contributed by atoms with Gasteiger partial charge in [0.2, 0.25) is 0 Å². The highest BCUT2D eigenvalue weighted by Gasteiger charge is 2.34. The van der Waals surface area contributed by atoms with Gasteiger partial charge in [0.25, 0.3) is 5.91 Å². The van der Waals surface area contributed by atoms with Gasteiger partial charge in [0, 0.05) is 17.7 Å². The summed E-state index contributed by atoms with van der Waals surface area (Å²) in [6.07, 6.45) is 5.12. The van der Waals surface area contributed by atoms with Crippen molar-refractivity contribution in [2.75, 3.05) is 32.6 Å². The quantitative estimate of drug-likeness (QED) is 0.764. The maximum atomic E-state index is 12.8. The molecule has 1 aromatic heterocycles. The van der Waals surface area contributed by atoms with E-state index in [1.165, 1.54) is 9.78 Å². The average Bonchev–Trinajstić information content (AvgIpc) is 3.43. The summed E-state index contributed by atoms with van der Waals surface area (Å²) in [6.45, 7) is 1.31. The number of methoxy groups -OCH3 is 2. The Bertz CT molecular complexity index is 963. The summed E-state index contributed by atoms with van der Waals surface area (Å²) in [5.41, 5.74) is 2.89. The molecule has 2 N–H and O–H groups in total. The zero-order valence-corrected chi connectivity index (χ0v) is 17.7. The van der Waals surface area contributed by atoms with E-state index < -0.39 is 0 Å². The van der Waals surface area contributed by atoms with Gasteiger partial charge in [-0.05, 0) is 43.0 Å². The molecule has 1 unspecified atom stereocenters. The van der Waals surface area contributed by atoms with Crippen LogP contribution in [0.5, 0.6) is 11.5 Å². The standard InChI is InChI=1S/C22H25N3O3S/c1-27-14-8-9-19(28-2)16(11-14)18-6-4-10-25(18)13-21(26)24-22-17(12-23)15-5-3-7-20(15)29-22/h8-9,11,18H,3-7,10,13H2,1-2H3,(H,24,26)/p+1/t18-/m0/s1. The van der Waals surface area contributed by atoms with Gasteiger partial charge in [-0.1, -0.05) is 0 Å². The average molecular weight is 413 g/mol. The molecule has 1 amide bonds. The van der Waals surface area contributed by atoms with Gasteiger partial charge in [-0.25, -0.2) is 0 Å². The predicted octanol–water partition coefficient (Wildman–Crippen LogP) is 2.48. The van der Waals surface area contributed by atoms with Crippen molar-refractivity contribution in [2.45, 2.75) is 38.1 Å². The van der Waals surface area contributed by atoms with Gasteiger partial charge >= 0.3 is 0 Å². The van der Waals surface area contributed by atoms with Crippen LogP contribution in [0.2, 0.25) is 0 Å². The zero-order chi connectivity index (χ0) is 20.4. The Balaban J connectivity index is 1.50. The second-order valence-corrected chi connectivity index (χ2v) is 8.71. The van der Waals surface area contributed by atoms with E-state index in [1.807, 2.05) is 18.2 Å². The van der Waals surface area contributed by atoms with Crippen molar-refractivity contribution >= 4 is 22.2 Å². The molecule has 7 heteroatoms. The number of benzene rings is 1. The van der Waals surface area contributed by atoms with E-state index in [4.69, 9.17) is 9.47 Å². The molecular formula is C22H26N3O3S+. The SMILES string of the molecule is COc1ccc(OC)c([C@@H]2CCC[NH+]2CC(=O)Nc2sc3c(c2C#N)CCC3)c1. The number of thiophene rings is 1. The zero-order valence-electron chi connectivity index (χ0n) is 16.8. The van der Waals surface area contributed by atoms with Crippen molar-refractivity contribution in [2.24, 2.45) is 0 Å². The second-order valence-electron chi connectivity index (χ2n) is 7.61. The Kier molecular flexibility index (Phi) is 5.74. The van der Waals surface area contributed by atoms with Crippen molar-refractivity contribution in [1.29, 1.82) is 5.26 Å². The van der Waals surface area contributed by atoms with Crippen LogP contribution in [0.1, 0.15) is 46.9 Å². The van der Waals surface area contributed by atoms with Crippen LogP contribution in [-0.2, 0) is 17.6 Å². The summed E-state index contributed by atoms with van der Waals surface area (Å²) in [6, 6.07) is 8.32. The molecule has 4 rings (SSSR count). The third kappa shape index (κ3) is 3.83. The van der Waals surface area contributed by atoms with E-state index >= 15 is 0 Å². The molecule has 2 aromatic rings. The van der Waals surface area contributed by atoms with Gasteiger partial charge in [0.15, 0.2) is 6.54 Å². The number of hydrogen-bond donors (Lipinski definition) is 2. The molecule has 0 bridgehead atoms. The molecule has 1 aliphatic heterocycles. The number of carbonyl (C=O) groups is 1. The van der Waals surface area contributed by atoms with E-state index in [-0.39, 0.29) is 11.9 Å². The Morgan fingerprint density at radius 1 is 1.31 bits per heavy atom. The number of quaternary nitrogens is 1. The van der Waals surface area contributed by atoms with Crippen molar-refractivity contribution in [1.82, 2.24) is 0 Å². The van der Waals surface area contributed by atoms with Crippen LogP contribution in [0.4, 0.5) is 5.00 Å². The number of likely N-dealkylation sites (tertiary alicyclic amines) is 1. The molecule has 1 saturated heterocycles. The van der Waals surface area contributed by atoms with Crippen LogP contribution in [0.3, 0.4) is 0 Å². The number of nitriles is 1. The van der Waals surface area contributed by atoms with Gasteiger partial charge in [-0.2, -0.15) is 5.26 Å². The first kappa shape index (κ1) is 19.7. The molecule has 29 heavy (non-hydrogen) atoms. The Morgan fingerprint density at radius 3 is 2.93 bits per heavy atom. The van der Waals surface area contributed by atoms with Gasteiger partial charge in [0.05, 0.1) is 31.9 Å². The minimum Gasteiger partial charge on any atom is -0.497 e. The number of carbonyl (C=O) groups excluding carboxylic acids is 1. The number of nitrogens with zero attached hydrogens (tertiary/aromatic N) is 1. The number of nitrogens with one attached hydrogen (secondary N) is 2. The number of amides is 1. The fourth-order valence-electron chi connectivity index (χ4n) is 4.60. The highest BCUT2D eigenvalue weighted by Crippen LogP contribution is 2.38. The highest BCUT2D eigenvalue weighted by molar-refractivity contribution is 7.16. The van der Waals surface area contributed by atoms with E-state index in [1.54, 1.807) is 25.6 Å². The Labute approximate surface area is 175 Å². The monoisotopic (exact) mass is 412 g/mol. The van der Waals surface area contributed by atoms with Crippen LogP contribution >= 0.6 is 11.3 Å². The van der Waals surface area contributed by atoms with Crippen molar-refractivity contribution in [3.63, 3.8) is 0 Å². The number of rotatable bonds is 6. The molecule has 0 spiro atoms. The first-order valence-electron chi connectivity index (χ1n) is 10.1. The normalized spacial score (nSPS) is 20.2. The molecule has 152 valence electrons. The second kappa shape index (κ2) is 8.44. The van der Waals surface area contributed by atoms with Gasteiger partial charge in [0.1, 0.15) is 28.6 Å². The first-order valence-corrected chi connectivity index (χ1v) is 10.9. The third-order valence-corrected chi connectivity index (χ3v) is 7.18. The fourth-order valence-corrected chi connectivity index (χ4v) is 5.85. The summed E-state index contributed by atoms with van der Waals surface area (Å²) >= 11 is 1.57. The molecule has 0 radical (unpaired) electrons. The maximum absolute atomic E-state index is 12.8. The lowest BCUT2D eigenvalue weighted by Crippen LogP contribution is -3.11. The van der Waals surface area contributed by atoms with Crippen molar-refractivity contribution in [3.8, 4) is 17.6 Å². The lowest BCUT2D eigenvalue weighted by molar-refractivity contribution is -0.910. The fraction of sp³-hybridized carbons (Fsp3) is 0.455. The molecule has 2 heterocycles. The molecule has 0 saturated carbocycles. The molecule has 1 fully saturated rings. The molecule has 1 aliphatic carbocycles. The smallest absolute Gasteiger partial charge is 0.280 e. The molecule has 2 atom stereocenters. The number of aryl methyl sites for hydroxylation is 1. The largest absolute Gasteiger partial charge is 0.497 e. The van der Waals surface area contributed by atoms with Crippen LogP contribution < -0.4 is 19.7 Å².